The molecule has 2 fully saturated rings. The van der Waals surface area contributed by atoms with Gasteiger partial charge in [0.1, 0.15) is 18.0 Å². The van der Waals surface area contributed by atoms with Gasteiger partial charge in [-0.2, -0.15) is 0 Å². The molecule has 0 saturated carbocycles. The minimum atomic E-state index is -0.828. The van der Waals surface area contributed by atoms with Gasteiger partial charge < -0.3 is 20.2 Å². The van der Waals surface area contributed by atoms with Gasteiger partial charge in [-0.3, -0.25) is 9.59 Å². The summed E-state index contributed by atoms with van der Waals surface area (Å²) in [5.41, 5.74) is 5.40. The molecule has 1 aromatic heterocycles. The molecule has 6 rings (SSSR count). The molecule has 2 aliphatic heterocycles. The van der Waals surface area contributed by atoms with Crippen LogP contribution in [0.1, 0.15) is 23.6 Å². The van der Waals surface area contributed by atoms with Crippen LogP contribution < -0.4 is 5.32 Å². The second-order valence-corrected chi connectivity index (χ2v) is 11.8. The van der Waals surface area contributed by atoms with Gasteiger partial charge in [0.15, 0.2) is 0 Å². The van der Waals surface area contributed by atoms with Crippen molar-refractivity contribution in [3.8, 4) is 5.75 Å². The second-order valence-electron chi connectivity index (χ2n) is 10.9. The Morgan fingerprint density at radius 2 is 1.82 bits per heavy atom. The first-order valence-electron chi connectivity index (χ1n) is 14.6. The summed E-state index contributed by atoms with van der Waals surface area (Å²) < 4.78 is 1.03. The van der Waals surface area contributed by atoms with Crippen molar-refractivity contribution in [2.45, 2.75) is 38.6 Å². The van der Waals surface area contributed by atoms with Crippen molar-refractivity contribution in [1.82, 2.24) is 30.1 Å². The van der Waals surface area contributed by atoms with Crippen molar-refractivity contribution in [3.63, 3.8) is 0 Å². The lowest BCUT2D eigenvalue weighted by atomic mass is 9.98. The van der Waals surface area contributed by atoms with Crippen molar-refractivity contribution in [2.75, 3.05) is 19.6 Å². The molecule has 0 spiro atoms. The number of urea groups is 1. The average Bonchev–Trinajstić information content (AvgIpc) is 3.50. The maximum atomic E-state index is 14.2. The van der Waals surface area contributed by atoms with Crippen LogP contribution in [0.4, 0.5) is 4.79 Å². The summed E-state index contributed by atoms with van der Waals surface area (Å²) in [6.07, 6.45) is 3.32. The van der Waals surface area contributed by atoms with Crippen molar-refractivity contribution in [1.29, 1.82) is 0 Å². The van der Waals surface area contributed by atoms with Crippen LogP contribution in [0.25, 0.3) is 10.2 Å². The van der Waals surface area contributed by atoms with Gasteiger partial charge in [-0.1, -0.05) is 60.7 Å². The molecule has 2 saturated heterocycles. The molecule has 2 atom stereocenters. The fourth-order valence-corrected chi connectivity index (χ4v) is 6.59. The number of amides is 4. The molecule has 0 radical (unpaired) electrons. The molecule has 0 bridgehead atoms. The molecule has 10 nitrogen and oxygen atoms in total. The Bertz CT molecular complexity index is 1670. The fraction of sp³-hybridized carbons (Fsp3) is 0.273. The van der Waals surface area contributed by atoms with Gasteiger partial charge in [0.2, 0.25) is 11.8 Å². The molecule has 0 unspecified atom stereocenters. The number of nitrogens with zero attached hydrogens (tertiary/aromatic N) is 5. The molecule has 3 heterocycles. The highest BCUT2D eigenvalue weighted by Gasteiger charge is 2.51. The van der Waals surface area contributed by atoms with Gasteiger partial charge in [0.25, 0.3) is 0 Å². The molecule has 226 valence electrons. The van der Waals surface area contributed by atoms with E-state index in [0.29, 0.717) is 19.6 Å². The lowest BCUT2D eigenvalue weighted by Gasteiger charge is -2.55. The van der Waals surface area contributed by atoms with E-state index in [1.807, 2.05) is 67.6 Å². The van der Waals surface area contributed by atoms with Crippen LogP contribution in [0.5, 0.6) is 5.75 Å². The van der Waals surface area contributed by atoms with E-state index >= 15 is 0 Å². The molecule has 2 N–H and O–H groups in total. The van der Waals surface area contributed by atoms with Gasteiger partial charge >= 0.3 is 6.03 Å². The zero-order valence-electron chi connectivity index (χ0n) is 24.4. The third kappa shape index (κ3) is 6.15. The maximum absolute atomic E-state index is 14.2. The molecule has 3 aromatic carbocycles. The highest BCUT2D eigenvalue weighted by atomic mass is 32.1. The van der Waals surface area contributed by atoms with Gasteiger partial charge in [-0.25, -0.2) is 19.8 Å². The molecule has 0 aliphatic carbocycles. The summed E-state index contributed by atoms with van der Waals surface area (Å²) in [7, 11) is 0. The van der Waals surface area contributed by atoms with Crippen LogP contribution >= 0.6 is 11.3 Å². The summed E-state index contributed by atoms with van der Waals surface area (Å²) >= 11 is 1.54. The number of hydrogen-bond donors (Lipinski definition) is 2. The third-order valence-electron chi connectivity index (χ3n) is 8.01. The number of hydrogen-bond acceptors (Lipinski definition) is 7. The number of benzene rings is 3. The topological polar surface area (TPSA) is 109 Å². The first-order valence-corrected chi connectivity index (χ1v) is 15.5. The van der Waals surface area contributed by atoms with E-state index in [-0.39, 0.29) is 43.1 Å². The summed E-state index contributed by atoms with van der Waals surface area (Å²) in [6.45, 7) is 3.02. The van der Waals surface area contributed by atoms with E-state index in [1.54, 1.807) is 49.6 Å². The fourth-order valence-electron chi connectivity index (χ4n) is 5.85. The van der Waals surface area contributed by atoms with E-state index in [1.165, 1.54) is 11.3 Å². The second kappa shape index (κ2) is 12.9. The Kier molecular flexibility index (Phi) is 8.58. The number of carbonyl (C=O) groups excluding carboxylic acids is 3. The van der Waals surface area contributed by atoms with Crippen LogP contribution in [0.3, 0.4) is 0 Å². The number of allylic oxidation sites excluding steroid dienone is 1. The number of piperazine rings is 1. The van der Waals surface area contributed by atoms with Crippen molar-refractivity contribution >= 4 is 39.4 Å². The Labute approximate surface area is 259 Å². The highest BCUT2D eigenvalue weighted by Crippen LogP contribution is 2.30. The van der Waals surface area contributed by atoms with Gasteiger partial charge in [0.05, 0.1) is 28.8 Å². The SMILES string of the molecule is C/C=C/CN1CC(=O)N2[C@@H](Cc3ccc(O)cc3)C(=O)N(Cc3ccc4ncsc4c3)C[C@@H]2N1C(=O)NCc1ccccc1. The van der Waals surface area contributed by atoms with Crippen LogP contribution in [0.15, 0.2) is 90.5 Å². The molecule has 4 aromatic rings. The molecule has 4 amide bonds. The van der Waals surface area contributed by atoms with Gasteiger partial charge in [-0.05, 0) is 47.9 Å². The van der Waals surface area contributed by atoms with E-state index in [4.69, 9.17) is 0 Å². The third-order valence-corrected chi connectivity index (χ3v) is 8.80. The van der Waals surface area contributed by atoms with E-state index in [9.17, 15) is 19.5 Å². The zero-order valence-corrected chi connectivity index (χ0v) is 25.2. The highest BCUT2D eigenvalue weighted by molar-refractivity contribution is 7.16. The van der Waals surface area contributed by atoms with Crippen molar-refractivity contribution < 1.29 is 19.5 Å². The predicted octanol–water partition coefficient (Wildman–Crippen LogP) is 4.13. The molecule has 44 heavy (non-hydrogen) atoms. The zero-order chi connectivity index (χ0) is 30.6. The first-order chi connectivity index (χ1) is 21.4. The Balaban J connectivity index is 1.35. The van der Waals surface area contributed by atoms with Gasteiger partial charge in [-0.15, -0.1) is 11.3 Å². The number of carbonyl (C=O) groups is 3. The number of thiazole rings is 1. The minimum absolute atomic E-state index is 0.0407. The lowest BCUT2D eigenvalue weighted by molar-refractivity contribution is -0.189. The Hall–Kier alpha value is -4.74. The van der Waals surface area contributed by atoms with E-state index in [0.717, 1.165) is 26.9 Å². The van der Waals surface area contributed by atoms with Crippen LogP contribution in [0, 0.1) is 0 Å². The number of aromatic nitrogens is 1. The number of rotatable bonds is 8. The standard InChI is InChI=1S/C33H34N6O4S/c1-2-3-15-37-21-31(41)38-28(16-23-9-12-26(40)13-10-23)32(42)36(19-25-11-14-27-29(17-25)44-22-35-27)20-30(38)39(37)33(43)34-18-24-7-5-4-6-8-24/h2-14,17,22,28,30,40H,15-16,18-21H2,1H3,(H,34,43)/b3-2+/t28-,30-/m0/s1. The van der Waals surface area contributed by atoms with E-state index < -0.39 is 12.2 Å². The Morgan fingerprint density at radius 1 is 1.05 bits per heavy atom. The minimum Gasteiger partial charge on any atom is -0.508 e. The molecule has 11 heteroatoms. The number of phenols is 1. The summed E-state index contributed by atoms with van der Waals surface area (Å²) in [5.74, 6) is -0.273. The van der Waals surface area contributed by atoms with Crippen molar-refractivity contribution in [2.24, 2.45) is 0 Å². The predicted molar refractivity (Wildman–Crippen MR) is 168 cm³/mol. The number of hydrazine groups is 1. The Morgan fingerprint density at radius 3 is 2.59 bits per heavy atom. The van der Waals surface area contributed by atoms with Crippen LogP contribution in [-0.4, -0.2) is 79.6 Å². The number of nitrogens with one attached hydrogen (secondary N) is 1. The maximum Gasteiger partial charge on any atom is 0.334 e. The number of aromatic hydroxyl groups is 1. The molecular formula is C33H34N6O4S. The van der Waals surface area contributed by atoms with Gasteiger partial charge in [0, 0.05) is 26.1 Å². The number of fused-ring (bicyclic) bond motifs is 2. The first kappa shape index (κ1) is 29.3. The average molecular weight is 611 g/mol. The molecular weight excluding hydrogens is 576 g/mol. The quantitative estimate of drug-likeness (QED) is 0.291. The number of phenolic OH excluding ortho intramolecular Hbond substituents is 1. The monoisotopic (exact) mass is 610 g/mol. The normalized spacial score (nSPS) is 19.2. The van der Waals surface area contributed by atoms with Crippen LogP contribution in [0.2, 0.25) is 0 Å². The van der Waals surface area contributed by atoms with E-state index in [2.05, 4.69) is 10.3 Å². The van der Waals surface area contributed by atoms with Crippen LogP contribution in [-0.2, 0) is 29.1 Å². The van der Waals surface area contributed by atoms with Crippen molar-refractivity contribution in [3.05, 3.63) is 107 Å². The lowest BCUT2D eigenvalue weighted by Crippen LogP contribution is -2.76. The smallest absolute Gasteiger partial charge is 0.334 e. The summed E-state index contributed by atoms with van der Waals surface area (Å²) in [4.78, 5) is 49.7. The molecule has 2 aliphatic rings. The largest absolute Gasteiger partial charge is 0.508 e. The summed E-state index contributed by atoms with van der Waals surface area (Å²) in [5, 5.41) is 16.2. The summed E-state index contributed by atoms with van der Waals surface area (Å²) in [6, 6.07) is 21.1.